The van der Waals surface area contributed by atoms with E-state index >= 15 is 0 Å². The van der Waals surface area contributed by atoms with Crippen molar-refractivity contribution in [1.82, 2.24) is 24.8 Å². The highest BCUT2D eigenvalue weighted by molar-refractivity contribution is 7.15. The third kappa shape index (κ3) is 3.74. The van der Waals surface area contributed by atoms with Gasteiger partial charge in [0.05, 0.1) is 16.1 Å². The van der Waals surface area contributed by atoms with Crippen LogP contribution < -0.4 is 10.5 Å². The van der Waals surface area contributed by atoms with Crippen molar-refractivity contribution in [3.8, 4) is 21.8 Å². The predicted molar refractivity (Wildman–Crippen MR) is 139 cm³/mol. The first-order valence-electron chi connectivity index (χ1n) is 11.4. The fourth-order valence-corrected chi connectivity index (χ4v) is 5.31. The number of hydrogen-bond acceptors (Lipinski definition) is 7. The maximum atomic E-state index is 13.0. The lowest BCUT2D eigenvalue weighted by atomic mass is 10.1. The molecule has 1 fully saturated rings. The molecule has 0 bridgehead atoms. The number of aromatic nitrogens is 4. The van der Waals surface area contributed by atoms with Crippen LogP contribution in [-0.4, -0.2) is 58.1 Å². The zero-order chi connectivity index (χ0) is 23.2. The zero-order valence-electron chi connectivity index (χ0n) is 19.1. The minimum absolute atomic E-state index is 0.121. The van der Waals surface area contributed by atoms with Crippen molar-refractivity contribution in [2.45, 2.75) is 6.92 Å². The van der Waals surface area contributed by atoms with E-state index in [-0.39, 0.29) is 5.56 Å². The molecular weight excluding hydrogens is 444 g/mol. The molecule has 1 aliphatic heterocycles. The summed E-state index contributed by atoms with van der Waals surface area (Å²) in [5.74, 6) is 0. The molecule has 0 unspecified atom stereocenters. The van der Waals surface area contributed by atoms with Crippen LogP contribution in [0.4, 0.5) is 5.69 Å². The molecule has 170 valence electrons. The van der Waals surface area contributed by atoms with Crippen molar-refractivity contribution in [3.63, 3.8) is 0 Å². The highest BCUT2D eigenvalue weighted by atomic mass is 32.1. The number of H-pyrrole nitrogens is 1. The summed E-state index contributed by atoms with van der Waals surface area (Å²) < 4.78 is 0. The maximum Gasteiger partial charge on any atom is 0.273 e. The summed E-state index contributed by atoms with van der Waals surface area (Å²) in [6.45, 7) is 5.56. The smallest absolute Gasteiger partial charge is 0.273 e. The van der Waals surface area contributed by atoms with Gasteiger partial charge in [-0.3, -0.25) is 9.78 Å². The summed E-state index contributed by atoms with van der Waals surface area (Å²) in [5, 5.41) is 1.05. The third-order valence-corrected chi connectivity index (χ3v) is 7.36. The Kier molecular flexibility index (Phi) is 5.12. The first-order chi connectivity index (χ1) is 16.5. The highest BCUT2D eigenvalue weighted by Gasteiger charge is 2.20. The number of anilines is 1. The molecule has 1 saturated heterocycles. The second-order valence-corrected chi connectivity index (χ2v) is 10.0. The molecule has 0 spiro atoms. The predicted octanol–water partition coefficient (Wildman–Crippen LogP) is 4.32. The third-order valence-electron chi connectivity index (χ3n) is 6.35. The van der Waals surface area contributed by atoms with E-state index in [0.717, 1.165) is 58.9 Å². The van der Waals surface area contributed by atoms with Gasteiger partial charge in [0.2, 0.25) is 0 Å². The second kappa shape index (κ2) is 8.30. The maximum absolute atomic E-state index is 13.0. The summed E-state index contributed by atoms with van der Waals surface area (Å²) in [6, 6.07) is 16.2. The lowest BCUT2D eigenvalue weighted by Crippen LogP contribution is -2.46. The summed E-state index contributed by atoms with van der Waals surface area (Å²) in [7, 11) is 2.10. The first kappa shape index (κ1) is 20.9. The number of hydrogen-bond donors (Lipinski definition) is 1. The van der Waals surface area contributed by atoms with Gasteiger partial charge >= 0.3 is 0 Å². The molecule has 1 N–H and O–H groups in total. The minimum atomic E-state index is -0.121. The monoisotopic (exact) mass is 468 g/mol. The molecule has 8 heteroatoms. The Balaban J connectivity index is 1.55. The number of benzene rings is 1. The van der Waals surface area contributed by atoms with Crippen molar-refractivity contribution in [1.29, 1.82) is 0 Å². The molecule has 0 aliphatic carbocycles. The first-order valence-corrected chi connectivity index (χ1v) is 12.2. The Morgan fingerprint density at radius 1 is 0.941 bits per heavy atom. The largest absolute Gasteiger partial charge is 0.364 e. The second-order valence-electron chi connectivity index (χ2n) is 8.75. The molecular formula is C26H24N6OS. The standard InChI is InChI=1S/C26H24N6OS/c1-16-5-8-22(34-16)24-23(18-6-7-19-17(14-18)4-3-9-27-19)28-20-15-21(26(33)30-25(20)29-24)32-12-10-31(2)11-13-32/h3-9,14-15H,10-13H2,1-2H3,(H,29,30,33). The van der Waals surface area contributed by atoms with Gasteiger partial charge in [-0.15, -0.1) is 11.3 Å². The topological polar surface area (TPSA) is 78.0 Å². The van der Waals surface area contributed by atoms with E-state index in [2.05, 4.69) is 58.0 Å². The normalized spacial score (nSPS) is 14.8. The fourth-order valence-electron chi connectivity index (χ4n) is 4.45. The molecule has 1 aromatic carbocycles. The van der Waals surface area contributed by atoms with E-state index in [4.69, 9.17) is 9.97 Å². The number of pyridine rings is 2. The quantitative estimate of drug-likeness (QED) is 0.425. The Bertz CT molecular complexity index is 1580. The molecule has 4 aromatic heterocycles. The van der Waals surface area contributed by atoms with Gasteiger partial charge in [0.25, 0.3) is 5.56 Å². The number of fused-ring (bicyclic) bond motifs is 2. The van der Waals surface area contributed by atoms with Gasteiger partial charge in [0, 0.05) is 48.2 Å². The van der Waals surface area contributed by atoms with E-state index < -0.39 is 0 Å². The SMILES string of the molecule is Cc1ccc(-c2nc3[nH]c(=O)c(N4CCN(C)CC4)cc3nc2-c2ccc3ncccc3c2)s1. The number of thiophene rings is 1. The van der Waals surface area contributed by atoms with Gasteiger partial charge in [0.15, 0.2) is 5.65 Å². The lowest BCUT2D eigenvalue weighted by Gasteiger charge is -2.33. The molecule has 0 saturated carbocycles. The van der Waals surface area contributed by atoms with Crippen LogP contribution in [0.3, 0.4) is 0 Å². The van der Waals surface area contributed by atoms with Crippen LogP contribution in [0.5, 0.6) is 0 Å². The van der Waals surface area contributed by atoms with E-state index in [1.165, 1.54) is 4.88 Å². The Morgan fingerprint density at radius 2 is 1.79 bits per heavy atom. The zero-order valence-corrected chi connectivity index (χ0v) is 19.9. The average molecular weight is 469 g/mol. The van der Waals surface area contributed by atoms with Crippen LogP contribution in [-0.2, 0) is 0 Å². The van der Waals surface area contributed by atoms with Crippen molar-refractivity contribution in [3.05, 3.63) is 70.0 Å². The van der Waals surface area contributed by atoms with E-state index in [9.17, 15) is 4.79 Å². The number of piperazine rings is 1. The van der Waals surface area contributed by atoms with Crippen molar-refractivity contribution in [2.24, 2.45) is 0 Å². The number of aromatic amines is 1. The van der Waals surface area contributed by atoms with Gasteiger partial charge in [-0.1, -0.05) is 12.1 Å². The molecule has 34 heavy (non-hydrogen) atoms. The number of aryl methyl sites for hydroxylation is 1. The van der Waals surface area contributed by atoms with Crippen LogP contribution >= 0.6 is 11.3 Å². The van der Waals surface area contributed by atoms with E-state index in [0.29, 0.717) is 16.9 Å². The van der Waals surface area contributed by atoms with Gasteiger partial charge < -0.3 is 14.8 Å². The minimum Gasteiger partial charge on any atom is -0.364 e. The molecule has 6 rings (SSSR count). The molecule has 0 atom stereocenters. The van der Waals surface area contributed by atoms with Crippen LogP contribution in [0, 0.1) is 6.92 Å². The number of rotatable bonds is 3. The van der Waals surface area contributed by atoms with Crippen LogP contribution in [0.25, 0.3) is 43.9 Å². The molecule has 0 amide bonds. The van der Waals surface area contributed by atoms with Gasteiger partial charge in [-0.25, -0.2) is 9.97 Å². The van der Waals surface area contributed by atoms with E-state index in [1.54, 1.807) is 17.5 Å². The Labute approximate surface area is 200 Å². The number of likely N-dealkylation sites (N-methyl/N-ethyl adjacent to an activating group) is 1. The highest BCUT2D eigenvalue weighted by Crippen LogP contribution is 2.35. The molecule has 7 nitrogen and oxygen atoms in total. The van der Waals surface area contributed by atoms with Gasteiger partial charge in [-0.2, -0.15) is 0 Å². The molecule has 0 radical (unpaired) electrons. The summed E-state index contributed by atoms with van der Waals surface area (Å²) in [5.41, 5.74) is 5.22. The summed E-state index contributed by atoms with van der Waals surface area (Å²) in [6.07, 6.45) is 1.80. The van der Waals surface area contributed by atoms with Gasteiger partial charge in [0.1, 0.15) is 16.9 Å². The summed E-state index contributed by atoms with van der Waals surface area (Å²) >= 11 is 1.67. The number of nitrogens with one attached hydrogen (secondary N) is 1. The van der Waals surface area contributed by atoms with Crippen molar-refractivity contribution >= 4 is 39.1 Å². The van der Waals surface area contributed by atoms with Crippen LogP contribution in [0.15, 0.2) is 59.5 Å². The lowest BCUT2D eigenvalue weighted by molar-refractivity contribution is 0.312. The Hall–Kier alpha value is -3.62. The van der Waals surface area contributed by atoms with Crippen molar-refractivity contribution in [2.75, 3.05) is 38.1 Å². The van der Waals surface area contributed by atoms with E-state index in [1.807, 2.05) is 24.3 Å². The number of nitrogens with zero attached hydrogens (tertiary/aromatic N) is 5. The van der Waals surface area contributed by atoms with Crippen LogP contribution in [0.1, 0.15) is 4.88 Å². The summed E-state index contributed by atoms with van der Waals surface area (Å²) in [4.78, 5) is 37.1. The fraction of sp³-hybridized carbons (Fsp3) is 0.231. The van der Waals surface area contributed by atoms with Crippen LogP contribution in [0.2, 0.25) is 0 Å². The van der Waals surface area contributed by atoms with Crippen molar-refractivity contribution < 1.29 is 0 Å². The molecule has 5 aromatic rings. The Morgan fingerprint density at radius 3 is 2.59 bits per heavy atom. The van der Waals surface area contributed by atoms with Gasteiger partial charge in [-0.05, 0) is 50.4 Å². The molecule has 5 heterocycles. The molecule has 1 aliphatic rings. The average Bonchev–Trinajstić information content (AvgIpc) is 3.29.